The number of amides is 1. The summed E-state index contributed by atoms with van der Waals surface area (Å²) in [7, 11) is 3.10. The normalized spacial score (nSPS) is 12.2. The molecule has 1 aromatic heterocycles. The minimum atomic E-state index is -1.13. The molecular formula is C11H17N3O4. The molecule has 0 fully saturated rings. The summed E-state index contributed by atoms with van der Waals surface area (Å²) in [5, 5.41) is 15.4. The molecule has 100 valence electrons. The first-order valence-electron chi connectivity index (χ1n) is 5.41. The molecule has 1 aromatic rings. The lowest BCUT2D eigenvalue weighted by Crippen LogP contribution is -2.44. The van der Waals surface area contributed by atoms with Crippen LogP contribution in [0, 0.1) is 13.8 Å². The third-order valence-corrected chi connectivity index (χ3v) is 2.67. The zero-order valence-corrected chi connectivity index (χ0v) is 10.9. The number of aromatic nitrogens is 2. The summed E-state index contributed by atoms with van der Waals surface area (Å²) in [4.78, 5) is 22.9. The van der Waals surface area contributed by atoms with Crippen molar-refractivity contribution >= 4 is 11.9 Å². The highest BCUT2D eigenvalue weighted by Crippen LogP contribution is 2.11. The molecule has 0 aliphatic heterocycles. The number of aryl methyl sites for hydroxylation is 2. The van der Waals surface area contributed by atoms with Crippen LogP contribution in [0.4, 0.5) is 0 Å². The van der Waals surface area contributed by atoms with E-state index >= 15 is 0 Å². The van der Waals surface area contributed by atoms with Gasteiger partial charge in [0.15, 0.2) is 6.04 Å². The van der Waals surface area contributed by atoms with Crippen molar-refractivity contribution in [3.05, 3.63) is 17.0 Å². The predicted octanol–water partition coefficient (Wildman–Crippen LogP) is -0.134. The van der Waals surface area contributed by atoms with Gasteiger partial charge in [0.05, 0.1) is 17.9 Å². The first kappa shape index (κ1) is 14.2. The quantitative estimate of drug-likeness (QED) is 0.764. The second-order valence-corrected chi connectivity index (χ2v) is 3.99. The van der Waals surface area contributed by atoms with E-state index in [1.807, 2.05) is 0 Å². The minimum absolute atomic E-state index is 0.0839. The number of carboxylic acid groups (broad SMARTS) is 1. The smallest absolute Gasteiger partial charge is 0.328 e. The fraction of sp³-hybridized carbons (Fsp3) is 0.545. The average Bonchev–Trinajstić information content (AvgIpc) is 2.52. The maximum atomic E-state index is 12.0. The van der Waals surface area contributed by atoms with E-state index in [9.17, 15) is 9.59 Å². The fourth-order valence-corrected chi connectivity index (χ4v) is 1.67. The number of ether oxygens (including phenoxy) is 1. The van der Waals surface area contributed by atoms with Gasteiger partial charge in [0.1, 0.15) is 0 Å². The van der Waals surface area contributed by atoms with Crippen molar-refractivity contribution in [3.63, 3.8) is 0 Å². The summed E-state index contributed by atoms with van der Waals surface area (Å²) >= 11 is 0. The van der Waals surface area contributed by atoms with Crippen molar-refractivity contribution in [2.24, 2.45) is 7.05 Å². The predicted molar refractivity (Wildman–Crippen MR) is 63.4 cm³/mol. The first-order chi connectivity index (χ1) is 8.38. The Morgan fingerprint density at radius 1 is 1.50 bits per heavy atom. The molecule has 18 heavy (non-hydrogen) atoms. The van der Waals surface area contributed by atoms with Gasteiger partial charge in [-0.15, -0.1) is 0 Å². The standard InChI is InChI=1S/C11H17N3O4/c1-6-9(7(2)14(3)13-6)10(15)12-8(5-18-4)11(16)17/h8H,5H2,1-4H3,(H,12,15)(H,16,17). The SMILES string of the molecule is COCC(NC(=O)c1c(C)nn(C)c1C)C(=O)O. The molecule has 0 bridgehead atoms. The van der Waals surface area contributed by atoms with Gasteiger partial charge < -0.3 is 15.2 Å². The van der Waals surface area contributed by atoms with Crippen LogP contribution >= 0.6 is 0 Å². The number of rotatable bonds is 5. The fourth-order valence-electron chi connectivity index (χ4n) is 1.67. The van der Waals surface area contributed by atoms with Crippen LogP contribution in [0.15, 0.2) is 0 Å². The van der Waals surface area contributed by atoms with E-state index in [1.54, 1.807) is 25.6 Å². The summed E-state index contributed by atoms with van der Waals surface area (Å²) in [6.45, 7) is 3.37. The van der Waals surface area contributed by atoms with Crippen LogP contribution in [-0.2, 0) is 16.6 Å². The van der Waals surface area contributed by atoms with Crippen molar-refractivity contribution in [2.45, 2.75) is 19.9 Å². The molecule has 2 N–H and O–H groups in total. The number of hydrogen-bond acceptors (Lipinski definition) is 4. The molecule has 7 heteroatoms. The Kier molecular flexibility index (Phi) is 4.43. The van der Waals surface area contributed by atoms with Gasteiger partial charge in [-0.3, -0.25) is 9.48 Å². The maximum absolute atomic E-state index is 12.0. The van der Waals surface area contributed by atoms with Crippen molar-refractivity contribution in [1.82, 2.24) is 15.1 Å². The molecule has 0 radical (unpaired) electrons. The van der Waals surface area contributed by atoms with Gasteiger partial charge in [0.25, 0.3) is 5.91 Å². The number of methoxy groups -OCH3 is 1. The van der Waals surface area contributed by atoms with Gasteiger partial charge in [-0.25, -0.2) is 4.79 Å². The lowest BCUT2D eigenvalue weighted by molar-refractivity contribution is -0.140. The van der Waals surface area contributed by atoms with Crippen LogP contribution in [0.2, 0.25) is 0 Å². The Morgan fingerprint density at radius 3 is 2.50 bits per heavy atom. The molecule has 0 aliphatic carbocycles. The number of hydrogen-bond donors (Lipinski definition) is 2. The highest BCUT2D eigenvalue weighted by molar-refractivity contribution is 5.98. The van der Waals surface area contributed by atoms with E-state index in [0.717, 1.165) is 0 Å². The van der Waals surface area contributed by atoms with Crippen LogP contribution in [0.1, 0.15) is 21.7 Å². The second kappa shape index (κ2) is 5.63. The van der Waals surface area contributed by atoms with E-state index in [0.29, 0.717) is 17.0 Å². The Bertz CT molecular complexity index is 467. The molecule has 7 nitrogen and oxygen atoms in total. The Hall–Kier alpha value is -1.89. The van der Waals surface area contributed by atoms with Crippen molar-refractivity contribution in [2.75, 3.05) is 13.7 Å². The summed E-state index contributed by atoms with van der Waals surface area (Å²) < 4.78 is 6.33. The molecule has 1 unspecified atom stereocenters. The van der Waals surface area contributed by atoms with Crippen LogP contribution in [-0.4, -0.2) is 46.5 Å². The van der Waals surface area contributed by atoms with Crippen LogP contribution < -0.4 is 5.32 Å². The molecule has 0 spiro atoms. The van der Waals surface area contributed by atoms with Crippen molar-refractivity contribution < 1.29 is 19.4 Å². The van der Waals surface area contributed by atoms with E-state index < -0.39 is 17.9 Å². The second-order valence-electron chi connectivity index (χ2n) is 3.99. The molecule has 0 saturated heterocycles. The minimum Gasteiger partial charge on any atom is -0.480 e. The summed E-state index contributed by atoms with van der Waals surface area (Å²) in [5.41, 5.74) is 1.65. The molecule has 1 amide bonds. The maximum Gasteiger partial charge on any atom is 0.328 e. The monoisotopic (exact) mass is 255 g/mol. The number of carbonyl (C=O) groups excluding carboxylic acids is 1. The molecule has 0 saturated carbocycles. The van der Waals surface area contributed by atoms with E-state index in [2.05, 4.69) is 10.4 Å². The molecule has 1 heterocycles. The van der Waals surface area contributed by atoms with Crippen molar-refractivity contribution in [3.8, 4) is 0 Å². The number of aliphatic carboxylic acids is 1. The average molecular weight is 255 g/mol. The third-order valence-electron chi connectivity index (χ3n) is 2.67. The lowest BCUT2D eigenvalue weighted by atomic mass is 10.1. The number of nitrogens with zero attached hydrogens (tertiary/aromatic N) is 2. The first-order valence-corrected chi connectivity index (χ1v) is 5.41. The molecular weight excluding hydrogens is 238 g/mol. The highest BCUT2D eigenvalue weighted by Gasteiger charge is 2.24. The van der Waals surface area contributed by atoms with E-state index in [4.69, 9.17) is 9.84 Å². The van der Waals surface area contributed by atoms with Gasteiger partial charge in [0.2, 0.25) is 0 Å². The van der Waals surface area contributed by atoms with Gasteiger partial charge in [-0.1, -0.05) is 0 Å². The summed E-state index contributed by atoms with van der Waals surface area (Å²) in [6.07, 6.45) is 0. The number of carboxylic acids is 1. The Labute approximate surface area is 105 Å². The summed E-state index contributed by atoms with van der Waals surface area (Å²) in [6, 6.07) is -1.07. The molecule has 1 rings (SSSR count). The molecule has 1 atom stereocenters. The van der Waals surface area contributed by atoms with Crippen LogP contribution in [0.5, 0.6) is 0 Å². The number of carbonyl (C=O) groups is 2. The van der Waals surface area contributed by atoms with E-state index in [-0.39, 0.29) is 6.61 Å². The highest BCUT2D eigenvalue weighted by atomic mass is 16.5. The zero-order chi connectivity index (χ0) is 13.9. The van der Waals surface area contributed by atoms with Gasteiger partial charge in [-0.2, -0.15) is 5.10 Å². The Balaban J connectivity index is 2.90. The van der Waals surface area contributed by atoms with Crippen molar-refractivity contribution in [1.29, 1.82) is 0 Å². The topological polar surface area (TPSA) is 93.5 Å². The van der Waals surface area contributed by atoms with Gasteiger partial charge in [-0.05, 0) is 13.8 Å². The third kappa shape index (κ3) is 2.86. The van der Waals surface area contributed by atoms with Crippen LogP contribution in [0.3, 0.4) is 0 Å². The van der Waals surface area contributed by atoms with Crippen LogP contribution in [0.25, 0.3) is 0 Å². The molecule has 0 aromatic carbocycles. The number of nitrogens with one attached hydrogen (secondary N) is 1. The summed E-state index contributed by atoms with van der Waals surface area (Å²) in [5.74, 6) is -1.59. The van der Waals surface area contributed by atoms with Gasteiger partial charge in [0, 0.05) is 19.9 Å². The van der Waals surface area contributed by atoms with E-state index in [1.165, 1.54) is 7.11 Å². The molecule has 0 aliphatic rings. The Morgan fingerprint density at radius 2 is 2.11 bits per heavy atom. The lowest BCUT2D eigenvalue weighted by Gasteiger charge is -2.13. The van der Waals surface area contributed by atoms with Gasteiger partial charge >= 0.3 is 5.97 Å². The largest absolute Gasteiger partial charge is 0.480 e. The zero-order valence-electron chi connectivity index (χ0n) is 10.9.